The molecule has 2 N–H and O–H groups in total. The van der Waals surface area contributed by atoms with Crippen molar-refractivity contribution in [3.8, 4) is 11.3 Å². The van der Waals surface area contributed by atoms with Gasteiger partial charge in [-0.3, -0.25) is 9.59 Å². The summed E-state index contributed by atoms with van der Waals surface area (Å²) in [6.07, 6.45) is 0.0352. The van der Waals surface area contributed by atoms with E-state index in [0.717, 1.165) is 5.56 Å². The first-order valence-corrected chi connectivity index (χ1v) is 8.71. The van der Waals surface area contributed by atoms with Crippen LogP contribution in [0.4, 0.5) is 14.5 Å². The number of hydrogen-bond donors (Lipinski definition) is 2. The van der Waals surface area contributed by atoms with E-state index < -0.39 is 0 Å². The summed E-state index contributed by atoms with van der Waals surface area (Å²) in [6, 6.07) is 15.3. The molecule has 1 heterocycles. The summed E-state index contributed by atoms with van der Waals surface area (Å²) in [6.45, 7) is 1.41. The number of nitrogens with zero attached hydrogens (tertiary/aromatic N) is 1. The van der Waals surface area contributed by atoms with Crippen LogP contribution in [0.25, 0.3) is 11.3 Å². The van der Waals surface area contributed by atoms with Gasteiger partial charge in [-0.15, -0.1) is 0 Å². The van der Waals surface area contributed by atoms with Gasteiger partial charge in [0, 0.05) is 12.5 Å². The molecule has 0 atom stereocenters. The van der Waals surface area contributed by atoms with Gasteiger partial charge in [0.25, 0.3) is 0 Å². The van der Waals surface area contributed by atoms with Crippen molar-refractivity contribution >= 4 is 33.3 Å². The molecule has 0 saturated heterocycles. The van der Waals surface area contributed by atoms with E-state index in [-0.39, 0.29) is 24.1 Å². The molecule has 26 heavy (non-hydrogen) atoms. The first kappa shape index (κ1) is 17.8. The number of amides is 2. The third-order valence-electron chi connectivity index (χ3n) is 3.46. The minimum absolute atomic E-state index is 0.0352. The molecular formula is C19H16FN3O2S. The fourth-order valence-corrected chi connectivity index (χ4v) is 3.36. The van der Waals surface area contributed by atoms with E-state index in [2.05, 4.69) is 15.6 Å². The van der Waals surface area contributed by atoms with Gasteiger partial charge in [-0.05, 0) is 17.7 Å². The van der Waals surface area contributed by atoms with Crippen molar-refractivity contribution in [2.75, 3.05) is 10.6 Å². The van der Waals surface area contributed by atoms with Gasteiger partial charge in [-0.25, -0.2) is 9.37 Å². The van der Waals surface area contributed by atoms with Gasteiger partial charge in [-0.1, -0.05) is 53.8 Å². The van der Waals surface area contributed by atoms with Crippen molar-refractivity contribution in [2.45, 2.75) is 13.3 Å². The minimum Gasteiger partial charge on any atom is -0.316 e. The third-order valence-corrected chi connectivity index (χ3v) is 4.35. The fraction of sp³-hybridized carbons (Fsp3) is 0.105. The van der Waals surface area contributed by atoms with Gasteiger partial charge in [0.1, 0.15) is 16.5 Å². The van der Waals surface area contributed by atoms with Gasteiger partial charge in [0.2, 0.25) is 11.8 Å². The highest BCUT2D eigenvalue weighted by Gasteiger charge is 2.16. The van der Waals surface area contributed by atoms with E-state index in [1.807, 2.05) is 30.3 Å². The van der Waals surface area contributed by atoms with Crippen LogP contribution < -0.4 is 10.6 Å². The van der Waals surface area contributed by atoms with Crippen LogP contribution in [-0.2, 0) is 16.0 Å². The summed E-state index contributed by atoms with van der Waals surface area (Å²) < 4.78 is 13.2. The molecule has 1 aromatic heterocycles. The van der Waals surface area contributed by atoms with Crippen molar-refractivity contribution in [3.63, 3.8) is 0 Å². The second-order valence-corrected chi connectivity index (χ2v) is 6.60. The van der Waals surface area contributed by atoms with Gasteiger partial charge >= 0.3 is 0 Å². The number of aromatic nitrogens is 1. The molecule has 0 fully saturated rings. The van der Waals surface area contributed by atoms with Crippen LogP contribution in [0.3, 0.4) is 0 Å². The van der Waals surface area contributed by atoms with Crippen LogP contribution in [0.5, 0.6) is 0 Å². The number of halogens is 1. The molecule has 5 nitrogen and oxygen atoms in total. The lowest BCUT2D eigenvalue weighted by atomic mass is 10.1. The lowest BCUT2D eigenvalue weighted by molar-refractivity contribution is -0.116. The molecule has 0 radical (unpaired) electrons. The fourth-order valence-electron chi connectivity index (χ4n) is 2.41. The number of carbonyl (C=O) groups excluding carboxylic acids is 2. The Morgan fingerprint density at radius 3 is 2.54 bits per heavy atom. The number of benzene rings is 2. The van der Waals surface area contributed by atoms with Gasteiger partial charge < -0.3 is 10.6 Å². The van der Waals surface area contributed by atoms with Gasteiger partial charge in [0.05, 0.1) is 6.42 Å². The number of thiazole rings is 1. The Hall–Kier alpha value is -3.06. The van der Waals surface area contributed by atoms with Crippen LogP contribution in [0.1, 0.15) is 12.5 Å². The molecular weight excluding hydrogens is 353 g/mol. The predicted molar refractivity (Wildman–Crippen MR) is 101 cm³/mol. The molecule has 0 aliphatic heterocycles. The second-order valence-electron chi connectivity index (χ2n) is 5.60. The maximum atomic E-state index is 13.2. The smallest absolute Gasteiger partial charge is 0.230 e. The van der Waals surface area contributed by atoms with E-state index in [4.69, 9.17) is 0 Å². The van der Waals surface area contributed by atoms with Crippen LogP contribution in [0.15, 0.2) is 54.6 Å². The summed E-state index contributed by atoms with van der Waals surface area (Å²) in [5.74, 6) is -0.911. The van der Waals surface area contributed by atoms with Crippen LogP contribution in [-0.4, -0.2) is 16.8 Å². The number of rotatable bonds is 5. The summed E-state index contributed by atoms with van der Waals surface area (Å²) >= 11 is 1.18. The number of carbonyl (C=O) groups is 2. The Kier molecular flexibility index (Phi) is 5.38. The average Bonchev–Trinajstić information content (AvgIpc) is 2.97. The van der Waals surface area contributed by atoms with Crippen LogP contribution in [0.2, 0.25) is 0 Å². The standard InChI is InChI=1S/C19H16FN3O2S/c1-12(24)21-18-17(14-7-3-2-4-8-14)23-19(26-18)22-16(25)11-13-6-5-9-15(20)10-13/h2-10H,11H2,1H3,(H,21,24)(H,22,23,25). The molecule has 2 amide bonds. The van der Waals surface area contributed by atoms with Gasteiger partial charge in [0.15, 0.2) is 5.13 Å². The molecule has 0 aliphatic rings. The summed E-state index contributed by atoms with van der Waals surface area (Å²) in [5.41, 5.74) is 1.99. The largest absolute Gasteiger partial charge is 0.316 e. The third kappa shape index (κ3) is 4.52. The normalized spacial score (nSPS) is 10.4. The zero-order valence-electron chi connectivity index (χ0n) is 14.0. The highest BCUT2D eigenvalue weighted by Crippen LogP contribution is 2.35. The Balaban J connectivity index is 1.80. The topological polar surface area (TPSA) is 71.1 Å². The molecule has 132 valence electrons. The van der Waals surface area contributed by atoms with Crippen molar-refractivity contribution in [1.82, 2.24) is 4.98 Å². The average molecular weight is 369 g/mol. The van der Waals surface area contributed by atoms with Crippen molar-refractivity contribution in [3.05, 3.63) is 66.0 Å². The Morgan fingerprint density at radius 1 is 1.08 bits per heavy atom. The summed E-state index contributed by atoms with van der Waals surface area (Å²) in [5, 5.41) is 6.38. The monoisotopic (exact) mass is 369 g/mol. The first-order valence-electron chi connectivity index (χ1n) is 7.89. The zero-order valence-corrected chi connectivity index (χ0v) is 14.8. The highest BCUT2D eigenvalue weighted by molar-refractivity contribution is 7.20. The maximum absolute atomic E-state index is 13.2. The van der Waals surface area contributed by atoms with E-state index in [1.54, 1.807) is 12.1 Å². The van der Waals surface area contributed by atoms with Gasteiger partial charge in [-0.2, -0.15) is 0 Å². The summed E-state index contributed by atoms with van der Waals surface area (Å²) in [7, 11) is 0. The number of anilines is 2. The van der Waals surface area contributed by atoms with E-state index in [9.17, 15) is 14.0 Å². The molecule has 2 aromatic carbocycles. The second kappa shape index (κ2) is 7.88. The molecule has 3 aromatic rings. The highest BCUT2D eigenvalue weighted by atomic mass is 32.1. The number of nitrogens with one attached hydrogen (secondary N) is 2. The lowest BCUT2D eigenvalue weighted by Gasteiger charge is -2.02. The molecule has 0 bridgehead atoms. The predicted octanol–water partition coefficient (Wildman–Crippen LogP) is 4.09. The summed E-state index contributed by atoms with van der Waals surface area (Å²) in [4.78, 5) is 28.1. The van der Waals surface area contributed by atoms with E-state index >= 15 is 0 Å². The molecule has 7 heteroatoms. The SMILES string of the molecule is CC(=O)Nc1sc(NC(=O)Cc2cccc(F)c2)nc1-c1ccccc1. The molecule has 0 saturated carbocycles. The Morgan fingerprint density at radius 2 is 1.85 bits per heavy atom. The maximum Gasteiger partial charge on any atom is 0.230 e. The van der Waals surface area contributed by atoms with Crippen LogP contribution >= 0.6 is 11.3 Å². The molecule has 0 unspecified atom stereocenters. The number of hydrogen-bond acceptors (Lipinski definition) is 4. The van der Waals surface area contributed by atoms with Crippen molar-refractivity contribution < 1.29 is 14.0 Å². The minimum atomic E-state index is -0.385. The molecule has 0 aliphatic carbocycles. The van der Waals surface area contributed by atoms with E-state index in [0.29, 0.717) is 21.4 Å². The van der Waals surface area contributed by atoms with Crippen molar-refractivity contribution in [1.29, 1.82) is 0 Å². The van der Waals surface area contributed by atoms with E-state index in [1.165, 1.54) is 30.4 Å². The molecule has 3 rings (SSSR count). The zero-order chi connectivity index (χ0) is 18.5. The Labute approximate surface area is 153 Å². The lowest BCUT2D eigenvalue weighted by Crippen LogP contribution is -2.14. The quantitative estimate of drug-likeness (QED) is 0.712. The van der Waals surface area contributed by atoms with Crippen molar-refractivity contribution in [2.24, 2.45) is 0 Å². The molecule has 0 spiro atoms. The first-order chi connectivity index (χ1) is 12.5. The Bertz CT molecular complexity index is 941. The van der Waals surface area contributed by atoms with Crippen LogP contribution in [0, 0.1) is 5.82 Å².